The van der Waals surface area contributed by atoms with Gasteiger partial charge in [-0.2, -0.15) is 0 Å². The summed E-state index contributed by atoms with van der Waals surface area (Å²) in [6.07, 6.45) is 0.287. The lowest BCUT2D eigenvalue weighted by Gasteiger charge is -2.47. The van der Waals surface area contributed by atoms with Gasteiger partial charge in [-0.25, -0.2) is 4.79 Å². The second-order valence-corrected chi connectivity index (χ2v) is 14.5. The van der Waals surface area contributed by atoms with Gasteiger partial charge in [-0.15, -0.1) is 0 Å². The van der Waals surface area contributed by atoms with E-state index in [9.17, 15) is 4.79 Å². The fourth-order valence-electron chi connectivity index (χ4n) is 6.59. The van der Waals surface area contributed by atoms with E-state index in [1.807, 2.05) is 71.3 Å². The molecule has 10 heteroatoms. The van der Waals surface area contributed by atoms with Crippen molar-refractivity contribution in [2.45, 2.75) is 64.5 Å². The molecule has 0 unspecified atom stereocenters. The van der Waals surface area contributed by atoms with E-state index in [-0.39, 0.29) is 23.8 Å². The van der Waals surface area contributed by atoms with E-state index in [0.717, 1.165) is 22.3 Å². The lowest BCUT2D eigenvalue weighted by Crippen LogP contribution is -2.60. The quantitative estimate of drug-likeness (QED) is 0.273. The van der Waals surface area contributed by atoms with Gasteiger partial charge in [0.1, 0.15) is 22.7 Å². The van der Waals surface area contributed by atoms with Crippen LogP contribution in [-0.2, 0) is 21.3 Å². The molecule has 8 nitrogen and oxygen atoms in total. The van der Waals surface area contributed by atoms with Gasteiger partial charge in [0.15, 0.2) is 0 Å². The highest BCUT2D eigenvalue weighted by atomic mass is 35.5. The zero-order chi connectivity index (χ0) is 34.1. The number of urea groups is 1. The van der Waals surface area contributed by atoms with Crippen LogP contribution in [0.2, 0.25) is 10.0 Å². The van der Waals surface area contributed by atoms with Crippen molar-refractivity contribution in [3.8, 4) is 5.75 Å². The Hall–Kier alpha value is -3.59. The molecule has 250 valence electrons. The Kier molecular flexibility index (Phi) is 9.97. The predicted molar refractivity (Wildman–Crippen MR) is 190 cm³/mol. The minimum atomic E-state index is -0.993. The number of piperazine rings is 1. The molecular formula is C37H45Cl2N5O3. The number of ether oxygens (including phenoxy) is 1. The van der Waals surface area contributed by atoms with Crippen molar-refractivity contribution in [1.82, 2.24) is 14.7 Å². The maximum Gasteiger partial charge on any atom is 0.326 e. The van der Waals surface area contributed by atoms with Crippen LogP contribution in [0.25, 0.3) is 0 Å². The summed E-state index contributed by atoms with van der Waals surface area (Å²) in [7, 11) is 0. The van der Waals surface area contributed by atoms with Gasteiger partial charge in [0, 0.05) is 49.2 Å². The molecule has 0 spiro atoms. The maximum absolute atomic E-state index is 15.1. The Morgan fingerprint density at radius 1 is 0.894 bits per heavy atom. The number of benzene rings is 3. The van der Waals surface area contributed by atoms with Crippen molar-refractivity contribution in [3.05, 3.63) is 99.0 Å². The number of aliphatic imine (C=N–C) groups is 1. The number of halogens is 2. The first-order chi connectivity index (χ1) is 22.2. The van der Waals surface area contributed by atoms with Gasteiger partial charge >= 0.3 is 6.03 Å². The highest BCUT2D eigenvalue weighted by Gasteiger charge is 2.60. The van der Waals surface area contributed by atoms with Gasteiger partial charge in [-0.05, 0) is 79.3 Å². The molecule has 3 amide bonds. The Morgan fingerprint density at radius 3 is 2.00 bits per heavy atom. The molecule has 0 aliphatic carbocycles. The van der Waals surface area contributed by atoms with Gasteiger partial charge < -0.3 is 15.4 Å². The maximum atomic E-state index is 15.1. The number of carbonyl (C=O) groups excluding carboxylic acids is 2. The van der Waals surface area contributed by atoms with Crippen molar-refractivity contribution in [2.75, 3.05) is 39.3 Å². The average Bonchev–Trinajstić information content (AvgIpc) is 3.28. The molecular weight excluding hydrogens is 633 g/mol. The molecule has 2 atom stereocenters. The molecule has 0 saturated carbocycles. The van der Waals surface area contributed by atoms with Crippen LogP contribution in [0.4, 0.5) is 4.79 Å². The van der Waals surface area contributed by atoms with Crippen molar-refractivity contribution in [3.63, 3.8) is 0 Å². The lowest BCUT2D eigenvalue weighted by molar-refractivity contribution is -0.118. The third-order valence-electron chi connectivity index (χ3n) is 9.65. The average molecular weight is 679 g/mol. The molecule has 5 rings (SSSR count). The molecule has 2 N–H and O–H groups in total. The highest BCUT2D eigenvalue weighted by molar-refractivity contribution is 6.30. The molecule has 0 radical (unpaired) electrons. The third kappa shape index (κ3) is 6.73. The zero-order valence-electron chi connectivity index (χ0n) is 28.1. The first kappa shape index (κ1) is 34.7. The summed E-state index contributed by atoms with van der Waals surface area (Å²) in [4.78, 5) is 37.9. The van der Waals surface area contributed by atoms with E-state index in [4.69, 9.17) is 38.7 Å². The van der Waals surface area contributed by atoms with Crippen LogP contribution in [-0.4, -0.2) is 71.8 Å². The summed E-state index contributed by atoms with van der Waals surface area (Å²) in [5.74, 6) is 0.876. The van der Waals surface area contributed by atoms with Crippen LogP contribution in [0.3, 0.4) is 0 Å². The van der Waals surface area contributed by atoms with Gasteiger partial charge in [0.2, 0.25) is 5.91 Å². The first-order valence-corrected chi connectivity index (χ1v) is 16.9. The number of carbonyl (C=O) groups is 2. The minimum Gasteiger partial charge on any atom is -0.493 e. The Morgan fingerprint density at radius 2 is 1.47 bits per heavy atom. The molecule has 0 bridgehead atoms. The molecule has 1 saturated heterocycles. The Bertz CT molecular complexity index is 1650. The van der Waals surface area contributed by atoms with E-state index >= 15 is 4.79 Å². The molecule has 3 aromatic carbocycles. The smallest absolute Gasteiger partial charge is 0.326 e. The van der Waals surface area contributed by atoms with Crippen LogP contribution in [0, 0.1) is 0 Å². The summed E-state index contributed by atoms with van der Waals surface area (Å²) < 4.78 is 6.29. The van der Waals surface area contributed by atoms with Gasteiger partial charge in [-0.3, -0.25) is 19.6 Å². The SMILES string of the molecule is CCOc1cc(C(C)(C)C)ccc1C1=N[C@@](C)(c2ccc(Cl)cc2)[C@@](C)(c2ccc(Cl)cc2)N1C(=O)N1CCN(CCC(N)=O)CC1. The van der Waals surface area contributed by atoms with E-state index < -0.39 is 11.1 Å². The van der Waals surface area contributed by atoms with Crippen LogP contribution >= 0.6 is 23.2 Å². The normalized spacial score (nSPS) is 21.9. The fraction of sp³-hybridized carbons (Fsp3) is 0.432. The predicted octanol–water partition coefficient (Wildman–Crippen LogP) is 7.20. The second-order valence-electron chi connectivity index (χ2n) is 13.7. The summed E-state index contributed by atoms with van der Waals surface area (Å²) in [6, 6.07) is 21.4. The topological polar surface area (TPSA) is 91.5 Å². The molecule has 47 heavy (non-hydrogen) atoms. The summed E-state index contributed by atoms with van der Waals surface area (Å²) >= 11 is 12.8. The number of hydrogen-bond acceptors (Lipinski definition) is 5. The second kappa shape index (κ2) is 13.5. The van der Waals surface area contributed by atoms with Crippen molar-refractivity contribution < 1.29 is 14.3 Å². The Balaban J connectivity index is 1.70. The number of hydrogen-bond donors (Lipinski definition) is 1. The molecule has 2 aliphatic heterocycles. The van der Waals surface area contributed by atoms with Gasteiger partial charge in [0.25, 0.3) is 0 Å². The van der Waals surface area contributed by atoms with Crippen LogP contribution in [0.5, 0.6) is 5.75 Å². The van der Waals surface area contributed by atoms with Crippen LogP contribution in [0.1, 0.15) is 70.2 Å². The number of nitrogens with two attached hydrogens (primary N) is 1. The molecule has 2 aliphatic rings. The molecule has 0 aromatic heterocycles. The fourth-order valence-corrected chi connectivity index (χ4v) is 6.84. The standard InChI is InChI=1S/C37H45Cl2N5O3/c1-7-47-31-24-27(35(2,3)4)12-17-30(31)33-41-36(5,25-8-13-28(38)14-9-25)37(6,26-10-15-29(39)16-11-26)44(33)34(46)43-22-20-42(21-23-43)19-18-32(40)45/h8-17,24H,7,18-23H2,1-6H3,(H2,40,45)/t36-,37+/m0/s1. The lowest BCUT2D eigenvalue weighted by atomic mass is 9.71. The van der Waals surface area contributed by atoms with Gasteiger partial charge in [0.05, 0.1) is 12.2 Å². The van der Waals surface area contributed by atoms with E-state index in [1.165, 1.54) is 0 Å². The summed E-state index contributed by atoms with van der Waals surface area (Å²) in [5, 5.41) is 1.22. The number of primary amides is 1. The summed E-state index contributed by atoms with van der Waals surface area (Å²) in [5.41, 5.74) is 7.02. The van der Waals surface area contributed by atoms with E-state index in [0.29, 0.717) is 61.0 Å². The molecule has 2 heterocycles. The van der Waals surface area contributed by atoms with E-state index in [1.54, 1.807) is 0 Å². The van der Waals surface area contributed by atoms with E-state index in [2.05, 4.69) is 51.7 Å². The van der Waals surface area contributed by atoms with Crippen LogP contribution < -0.4 is 10.5 Å². The number of nitrogens with zero attached hydrogens (tertiary/aromatic N) is 4. The van der Waals surface area contributed by atoms with Crippen molar-refractivity contribution >= 4 is 41.0 Å². The third-order valence-corrected chi connectivity index (χ3v) is 10.1. The number of amides is 3. The number of rotatable bonds is 8. The highest BCUT2D eigenvalue weighted by Crippen LogP contribution is 2.54. The largest absolute Gasteiger partial charge is 0.493 e. The monoisotopic (exact) mass is 677 g/mol. The van der Waals surface area contributed by atoms with Gasteiger partial charge in [-0.1, -0.05) is 74.3 Å². The first-order valence-electron chi connectivity index (χ1n) is 16.2. The van der Waals surface area contributed by atoms with Crippen molar-refractivity contribution in [1.29, 1.82) is 0 Å². The molecule has 3 aromatic rings. The number of amidine groups is 1. The Labute approximate surface area is 288 Å². The van der Waals surface area contributed by atoms with Crippen LogP contribution in [0.15, 0.2) is 71.7 Å². The molecule has 1 fully saturated rings. The minimum absolute atomic E-state index is 0.110. The summed E-state index contributed by atoms with van der Waals surface area (Å²) in [6.45, 7) is 15.9. The zero-order valence-corrected chi connectivity index (χ0v) is 29.7. The van der Waals surface area contributed by atoms with Crippen molar-refractivity contribution in [2.24, 2.45) is 10.7 Å².